The van der Waals surface area contributed by atoms with E-state index in [9.17, 15) is 9.59 Å². The fraction of sp³-hybridized carbons (Fsp3) is 0.222. The van der Waals surface area contributed by atoms with Gasteiger partial charge in [0.2, 0.25) is 0 Å². The van der Waals surface area contributed by atoms with E-state index in [1.807, 2.05) is 12.1 Å². The minimum absolute atomic E-state index is 0.280. The molecule has 0 bridgehead atoms. The van der Waals surface area contributed by atoms with Gasteiger partial charge in [-0.15, -0.1) is 70.6 Å². The number of thiophene rings is 4. The molecule has 146 valence electrons. The van der Waals surface area contributed by atoms with Crippen LogP contribution < -0.4 is 0 Å². The highest BCUT2D eigenvalue weighted by atomic mass is 32.2. The minimum atomic E-state index is -0.389. The van der Waals surface area contributed by atoms with Gasteiger partial charge in [0.1, 0.15) is 0 Å². The van der Waals surface area contributed by atoms with Crippen LogP contribution in [0.4, 0.5) is 0 Å². The Morgan fingerprint density at radius 1 is 0.786 bits per heavy atom. The maximum absolute atomic E-state index is 12.8. The molecule has 0 saturated heterocycles. The molecule has 0 aliphatic heterocycles. The van der Waals surface area contributed by atoms with Crippen LogP contribution in [0.25, 0.3) is 28.6 Å². The van der Waals surface area contributed by atoms with E-state index in [0.29, 0.717) is 11.1 Å². The third-order valence-corrected chi connectivity index (χ3v) is 9.28. The number of esters is 2. The molecule has 0 aliphatic carbocycles. The summed E-state index contributed by atoms with van der Waals surface area (Å²) in [4.78, 5) is 27.0. The maximum atomic E-state index is 12.8. The Balaban J connectivity index is 2.01. The van der Waals surface area contributed by atoms with E-state index < -0.39 is 0 Å². The van der Waals surface area contributed by atoms with Crippen LogP contribution in [-0.2, 0) is 9.47 Å². The van der Waals surface area contributed by atoms with Crippen molar-refractivity contribution in [1.29, 1.82) is 0 Å². The number of rotatable bonds is 5. The van der Waals surface area contributed by atoms with Crippen LogP contribution in [0.3, 0.4) is 0 Å². The van der Waals surface area contributed by atoms with Gasteiger partial charge in [0.15, 0.2) is 0 Å². The Hall–Kier alpha value is -1.04. The Bertz CT molecular complexity index is 1110. The lowest BCUT2D eigenvalue weighted by Crippen LogP contribution is -2.07. The largest absolute Gasteiger partial charge is 0.462 e. The van der Waals surface area contributed by atoms with Crippen molar-refractivity contribution in [1.82, 2.24) is 0 Å². The standard InChI is InChI=1S/C18H14O4S6/c1-3-21-17(19)11-13-7(5-9(23)27-13)25-15(11)16-12(18(20)22-4-2)14-8(26-16)6-10(24)28-14/h5-6,23-24H,3-4H2,1-2H3. The molecule has 0 N–H and O–H groups in total. The number of fused-ring (bicyclic) bond motifs is 2. The third-order valence-electron chi connectivity index (χ3n) is 3.87. The molecule has 0 saturated carbocycles. The molecule has 4 rings (SSSR count). The van der Waals surface area contributed by atoms with E-state index in [4.69, 9.17) is 9.47 Å². The summed E-state index contributed by atoms with van der Waals surface area (Å²) in [6, 6.07) is 3.87. The third kappa shape index (κ3) is 3.40. The van der Waals surface area contributed by atoms with Crippen LogP contribution >= 0.6 is 70.6 Å². The van der Waals surface area contributed by atoms with Gasteiger partial charge in [0.25, 0.3) is 0 Å². The smallest absolute Gasteiger partial charge is 0.341 e. The Kier molecular flexibility index (Phi) is 5.78. The summed E-state index contributed by atoms with van der Waals surface area (Å²) in [5.74, 6) is -0.777. The predicted molar refractivity (Wildman–Crippen MR) is 125 cm³/mol. The number of hydrogen-bond acceptors (Lipinski definition) is 10. The second-order valence-corrected chi connectivity index (χ2v) is 11.4. The van der Waals surface area contributed by atoms with Gasteiger partial charge in [-0.25, -0.2) is 9.59 Å². The van der Waals surface area contributed by atoms with Crippen LogP contribution in [0.1, 0.15) is 34.6 Å². The van der Waals surface area contributed by atoms with Crippen molar-refractivity contribution in [3.8, 4) is 9.75 Å². The zero-order valence-corrected chi connectivity index (χ0v) is 19.8. The molecule has 0 amide bonds. The molecule has 0 radical (unpaired) electrons. The topological polar surface area (TPSA) is 52.6 Å². The Morgan fingerprint density at radius 2 is 1.18 bits per heavy atom. The van der Waals surface area contributed by atoms with Crippen LogP contribution in [0.2, 0.25) is 0 Å². The van der Waals surface area contributed by atoms with Crippen LogP contribution in [0, 0.1) is 0 Å². The molecule has 0 aliphatic rings. The van der Waals surface area contributed by atoms with Crippen molar-refractivity contribution in [3.63, 3.8) is 0 Å². The first-order chi connectivity index (χ1) is 13.4. The summed E-state index contributed by atoms with van der Waals surface area (Å²) in [6.45, 7) is 4.11. The first-order valence-electron chi connectivity index (χ1n) is 8.29. The molecule has 0 aromatic carbocycles. The van der Waals surface area contributed by atoms with E-state index in [1.165, 1.54) is 45.3 Å². The lowest BCUT2D eigenvalue weighted by molar-refractivity contribution is 0.0518. The van der Waals surface area contributed by atoms with Gasteiger partial charge in [-0.3, -0.25) is 0 Å². The summed E-state index contributed by atoms with van der Waals surface area (Å²) >= 11 is 14.7. The van der Waals surface area contributed by atoms with E-state index >= 15 is 0 Å². The van der Waals surface area contributed by atoms with Gasteiger partial charge >= 0.3 is 11.9 Å². The predicted octanol–water partition coefficient (Wildman–Crippen LogP) is 6.84. The molecule has 4 aromatic rings. The van der Waals surface area contributed by atoms with Crippen molar-refractivity contribution in [2.45, 2.75) is 22.3 Å². The minimum Gasteiger partial charge on any atom is -0.462 e. The van der Waals surface area contributed by atoms with E-state index in [0.717, 1.165) is 37.0 Å². The first kappa shape index (κ1) is 20.2. The van der Waals surface area contributed by atoms with Crippen molar-refractivity contribution >= 4 is 101 Å². The second-order valence-electron chi connectivity index (χ2n) is 5.61. The molecule has 0 fully saturated rings. The number of hydrogen-bond donors (Lipinski definition) is 2. The highest BCUT2D eigenvalue weighted by Crippen LogP contribution is 2.50. The SMILES string of the molecule is CCOC(=O)c1c(-c2sc3cc(S)sc3c2C(=O)OCC)sc2cc(S)sc12. The zero-order valence-electron chi connectivity index (χ0n) is 14.7. The number of carbonyl (C=O) groups excluding carboxylic acids is 2. The van der Waals surface area contributed by atoms with Crippen LogP contribution in [0.5, 0.6) is 0 Å². The molecule has 0 unspecified atom stereocenters. The van der Waals surface area contributed by atoms with Gasteiger partial charge in [-0.1, -0.05) is 0 Å². The highest BCUT2D eigenvalue weighted by Gasteiger charge is 2.30. The van der Waals surface area contributed by atoms with Crippen molar-refractivity contribution < 1.29 is 19.1 Å². The molecule has 0 atom stereocenters. The molecule has 4 nitrogen and oxygen atoms in total. The second kappa shape index (κ2) is 8.00. The molecule has 4 aromatic heterocycles. The van der Waals surface area contributed by atoms with Crippen LogP contribution in [0.15, 0.2) is 20.6 Å². The van der Waals surface area contributed by atoms with E-state index in [-0.39, 0.29) is 25.2 Å². The molecular weight excluding hydrogens is 473 g/mol. The lowest BCUT2D eigenvalue weighted by Gasteiger charge is -2.06. The van der Waals surface area contributed by atoms with Gasteiger partial charge in [0.05, 0.1) is 51.9 Å². The van der Waals surface area contributed by atoms with Gasteiger partial charge in [0, 0.05) is 9.40 Å². The number of carbonyl (C=O) groups is 2. The quantitative estimate of drug-likeness (QED) is 0.240. The molecule has 28 heavy (non-hydrogen) atoms. The van der Waals surface area contributed by atoms with E-state index in [2.05, 4.69) is 25.3 Å². The number of thiol groups is 2. The van der Waals surface area contributed by atoms with Crippen LogP contribution in [-0.4, -0.2) is 25.2 Å². The van der Waals surface area contributed by atoms with Crippen molar-refractivity contribution in [2.24, 2.45) is 0 Å². The summed E-state index contributed by atoms with van der Waals surface area (Å²) < 4.78 is 15.9. The summed E-state index contributed by atoms with van der Waals surface area (Å²) in [7, 11) is 0. The monoisotopic (exact) mass is 486 g/mol. The maximum Gasteiger partial charge on any atom is 0.341 e. The zero-order chi connectivity index (χ0) is 20.0. The molecular formula is C18H14O4S6. The van der Waals surface area contributed by atoms with Gasteiger partial charge in [-0.2, -0.15) is 0 Å². The molecule has 0 spiro atoms. The average Bonchev–Trinajstić information content (AvgIpc) is 3.32. The Labute approximate surface area is 187 Å². The van der Waals surface area contributed by atoms with Crippen molar-refractivity contribution in [2.75, 3.05) is 13.2 Å². The number of ether oxygens (including phenoxy) is 2. The first-order valence-corrected chi connectivity index (χ1v) is 12.5. The summed E-state index contributed by atoms with van der Waals surface area (Å²) in [5.41, 5.74) is 0.996. The molecule has 4 heterocycles. The fourth-order valence-corrected chi connectivity index (χ4v) is 8.67. The Morgan fingerprint density at radius 3 is 1.54 bits per heavy atom. The van der Waals surface area contributed by atoms with Crippen molar-refractivity contribution in [3.05, 3.63) is 23.3 Å². The summed E-state index contributed by atoms with van der Waals surface area (Å²) in [6.07, 6.45) is 0. The molecule has 10 heteroatoms. The normalized spacial score (nSPS) is 11.4. The van der Waals surface area contributed by atoms with Gasteiger partial charge in [-0.05, 0) is 26.0 Å². The average molecular weight is 487 g/mol. The van der Waals surface area contributed by atoms with E-state index in [1.54, 1.807) is 13.8 Å². The van der Waals surface area contributed by atoms with Gasteiger partial charge < -0.3 is 9.47 Å². The fourth-order valence-electron chi connectivity index (χ4n) is 2.85. The summed E-state index contributed by atoms with van der Waals surface area (Å²) in [5, 5.41) is 0. The lowest BCUT2D eigenvalue weighted by atomic mass is 10.1. The highest BCUT2D eigenvalue weighted by molar-refractivity contribution is 7.83.